The summed E-state index contributed by atoms with van der Waals surface area (Å²) >= 11 is 0. The normalized spacial score (nSPS) is 15.5. The maximum absolute atomic E-state index is 11.6. The van der Waals surface area contributed by atoms with Crippen LogP contribution in [0.2, 0.25) is 0 Å². The SMILES string of the molecule is CCCOc1nc(NC)nc(N2CCCNC(=O)C2)n1. The molecule has 8 heteroatoms. The predicted molar refractivity (Wildman–Crippen MR) is 75.0 cm³/mol. The van der Waals surface area contributed by atoms with E-state index >= 15 is 0 Å². The Kier molecular flexibility index (Phi) is 4.91. The van der Waals surface area contributed by atoms with Gasteiger partial charge in [0.05, 0.1) is 13.2 Å². The van der Waals surface area contributed by atoms with Gasteiger partial charge in [0.2, 0.25) is 17.8 Å². The molecule has 1 fully saturated rings. The highest BCUT2D eigenvalue weighted by atomic mass is 16.5. The lowest BCUT2D eigenvalue weighted by atomic mass is 10.4. The minimum absolute atomic E-state index is 0.0232. The molecule has 0 atom stereocenters. The number of aromatic nitrogens is 3. The molecule has 0 unspecified atom stereocenters. The molecule has 0 aromatic carbocycles. The third-order valence-electron chi connectivity index (χ3n) is 2.81. The number of carbonyl (C=O) groups excluding carboxylic acids is 1. The molecule has 20 heavy (non-hydrogen) atoms. The summed E-state index contributed by atoms with van der Waals surface area (Å²) in [5, 5.41) is 5.70. The van der Waals surface area contributed by atoms with E-state index in [2.05, 4.69) is 25.6 Å². The van der Waals surface area contributed by atoms with Crippen LogP contribution in [-0.2, 0) is 4.79 Å². The van der Waals surface area contributed by atoms with Crippen molar-refractivity contribution in [2.24, 2.45) is 0 Å². The van der Waals surface area contributed by atoms with E-state index < -0.39 is 0 Å². The summed E-state index contributed by atoms with van der Waals surface area (Å²) in [6.07, 6.45) is 1.74. The minimum atomic E-state index is -0.0232. The van der Waals surface area contributed by atoms with E-state index in [0.717, 1.165) is 19.4 Å². The lowest BCUT2D eigenvalue weighted by molar-refractivity contribution is -0.119. The van der Waals surface area contributed by atoms with Gasteiger partial charge in [0, 0.05) is 20.1 Å². The highest BCUT2D eigenvalue weighted by Crippen LogP contribution is 2.16. The van der Waals surface area contributed by atoms with Crippen molar-refractivity contribution in [3.05, 3.63) is 0 Å². The van der Waals surface area contributed by atoms with Crippen LogP contribution in [-0.4, -0.2) is 54.1 Å². The van der Waals surface area contributed by atoms with Gasteiger partial charge in [0.25, 0.3) is 0 Å². The first-order valence-electron chi connectivity index (χ1n) is 6.81. The molecule has 1 aliphatic heterocycles. The Balaban J connectivity index is 2.21. The molecule has 0 aliphatic carbocycles. The maximum Gasteiger partial charge on any atom is 0.323 e. The molecule has 1 saturated heterocycles. The average molecular weight is 280 g/mol. The number of anilines is 2. The Morgan fingerprint density at radius 2 is 2.25 bits per heavy atom. The van der Waals surface area contributed by atoms with Crippen molar-refractivity contribution >= 4 is 17.8 Å². The molecule has 8 nitrogen and oxygen atoms in total. The van der Waals surface area contributed by atoms with Gasteiger partial charge in [-0.15, -0.1) is 0 Å². The zero-order valence-electron chi connectivity index (χ0n) is 11.8. The number of amides is 1. The van der Waals surface area contributed by atoms with Gasteiger partial charge >= 0.3 is 6.01 Å². The number of hydrogen-bond acceptors (Lipinski definition) is 7. The van der Waals surface area contributed by atoms with E-state index in [1.807, 2.05) is 11.8 Å². The molecule has 1 aromatic heterocycles. The first-order chi connectivity index (χ1) is 9.72. The largest absolute Gasteiger partial charge is 0.463 e. The van der Waals surface area contributed by atoms with Crippen LogP contribution in [0.4, 0.5) is 11.9 Å². The lowest BCUT2D eigenvalue weighted by Gasteiger charge is -2.19. The van der Waals surface area contributed by atoms with Crippen molar-refractivity contribution in [3.63, 3.8) is 0 Å². The maximum atomic E-state index is 11.6. The van der Waals surface area contributed by atoms with Crippen molar-refractivity contribution in [1.82, 2.24) is 20.3 Å². The van der Waals surface area contributed by atoms with Crippen molar-refractivity contribution in [3.8, 4) is 6.01 Å². The van der Waals surface area contributed by atoms with E-state index in [4.69, 9.17) is 4.74 Å². The van der Waals surface area contributed by atoms with Gasteiger partial charge in [-0.25, -0.2) is 0 Å². The van der Waals surface area contributed by atoms with Crippen LogP contribution >= 0.6 is 0 Å². The molecule has 2 rings (SSSR count). The van der Waals surface area contributed by atoms with Gasteiger partial charge < -0.3 is 20.3 Å². The summed E-state index contributed by atoms with van der Waals surface area (Å²) in [6, 6.07) is 0.283. The van der Waals surface area contributed by atoms with Crippen LogP contribution in [0.25, 0.3) is 0 Å². The van der Waals surface area contributed by atoms with Crippen LogP contribution in [0.1, 0.15) is 19.8 Å². The molecular weight excluding hydrogens is 260 g/mol. The smallest absolute Gasteiger partial charge is 0.323 e. The minimum Gasteiger partial charge on any atom is -0.463 e. The predicted octanol–water partition coefficient (Wildman–Crippen LogP) is 0.0284. The van der Waals surface area contributed by atoms with Crippen molar-refractivity contribution < 1.29 is 9.53 Å². The Hall–Kier alpha value is -2.12. The van der Waals surface area contributed by atoms with Gasteiger partial charge in [0.15, 0.2) is 0 Å². The monoisotopic (exact) mass is 280 g/mol. The highest BCUT2D eigenvalue weighted by molar-refractivity contribution is 5.81. The van der Waals surface area contributed by atoms with Crippen LogP contribution in [0.3, 0.4) is 0 Å². The molecule has 2 heterocycles. The van der Waals surface area contributed by atoms with Crippen molar-refractivity contribution in [2.45, 2.75) is 19.8 Å². The molecule has 0 bridgehead atoms. The Labute approximate surface area is 118 Å². The van der Waals surface area contributed by atoms with Crippen LogP contribution in [0.5, 0.6) is 6.01 Å². The number of rotatable bonds is 5. The molecular formula is C12H20N6O2. The van der Waals surface area contributed by atoms with Crippen molar-refractivity contribution in [1.29, 1.82) is 0 Å². The van der Waals surface area contributed by atoms with E-state index in [9.17, 15) is 4.79 Å². The zero-order valence-corrected chi connectivity index (χ0v) is 11.8. The fraction of sp³-hybridized carbons (Fsp3) is 0.667. The first-order valence-corrected chi connectivity index (χ1v) is 6.81. The fourth-order valence-electron chi connectivity index (χ4n) is 1.83. The Bertz CT molecular complexity index is 467. The molecule has 2 N–H and O–H groups in total. The Morgan fingerprint density at radius 3 is 3.00 bits per heavy atom. The summed E-state index contributed by atoms with van der Waals surface area (Å²) < 4.78 is 5.46. The summed E-state index contributed by atoms with van der Waals surface area (Å²) in [5.74, 6) is 0.878. The zero-order chi connectivity index (χ0) is 14.4. The molecule has 1 aliphatic rings. The molecule has 1 amide bonds. The average Bonchev–Trinajstić information content (AvgIpc) is 2.69. The van der Waals surface area contributed by atoms with Gasteiger partial charge in [-0.3, -0.25) is 4.79 Å². The van der Waals surface area contributed by atoms with Crippen LogP contribution in [0.15, 0.2) is 0 Å². The number of hydrogen-bond donors (Lipinski definition) is 2. The van der Waals surface area contributed by atoms with Gasteiger partial charge in [-0.1, -0.05) is 6.92 Å². The van der Waals surface area contributed by atoms with Gasteiger partial charge in [0.1, 0.15) is 0 Å². The molecule has 1 aromatic rings. The van der Waals surface area contributed by atoms with Crippen molar-refractivity contribution in [2.75, 3.05) is 43.5 Å². The lowest BCUT2D eigenvalue weighted by Crippen LogP contribution is -2.34. The third-order valence-corrected chi connectivity index (χ3v) is 2.81. The molecule has 0 spiro atoms. The number of ether oxygens (including phenoxy) is 1. The molecule has 110 valence electrons. The fourth-order valence-corrected chi connectivity index (χ4v) is 1.83. The van der Waals surface area contributed by atoms with Crippen LogP contribution < -0.4 is 20.3 Å². The van der Waals surface area contributed by atoms with E-state index in [1.54, 1.807) is 7.05 Å². The summed E-state index contributed by atoms with van der Waals surface area (Å²) in [6.45, 7) is 4.21. The second-order valence-corrected chi connectivity index (χ2v) is 4.47. The number of carbonyl (C=O) groups is 1. The van der Waals surface area contributed by atoms with E-state index in [1.165, 1.54) is 0 Å². The number of nitrogens with one attached hydrogen (secondary N) is 2. The first kappa shape index (κ1) is 14.3. The standard InChI is InChI=1S/C12H20N6O2/c1-3-7-20-12-16-10(13-2)15-11(17-12)18-6-4-5-14-9(19)8-18/h3-8H2,1-2H3,(H,14,19)(H,13,15,16,17). The van der Waals surface area contributed by atoms with E-state index in [-0.39, 0.29) is 18.5 Å². The topological polar surface area (TPSA) is 92.3 Å². The summed E-state index contributed by atoms with van der Waals surface area (Å²) in [4.78, 5) is 26.2. The quantitative estimate of drug-likeness (QED) is 0.786. The Morgan fingerprint density at radius 1 is 1.40 bits per heavy atom. The van der Waals surface area contributed by atoms with E-state index in [0.29, 0.717) is 25.0 Å². The highest BCUT2D eigenvalue weighted by Gasteiger charge is 2.19. The van der Waals surface area contributed by atoms with Gasteiger partial charge in [-0.2, -0.15) is 15.0 Å². The number of nitrogens with zero attached hydrogens (tertiary/aromatic N) is 4. The second-order valence-electron chi connectivity index (χ2n) is 4.47. The van der Waals surface area contributed by atoms with Gasteiger partial charge in [-0.05, 0) is 12.8 Å². The second kappa shape index (κ2) is 6.88. The third kappa shape index (κ3) is 3.69. The summed E-state index contributed by atoms with van der Waals surface area (Å²) in [5.41, 5.74) is 0. The molecule has 0 radical (unpaired) electrons. The van der Waals surface area contributed by atoms with Crippen LogP contribution in [0, 0.1) is 0 Å². The molecule has 0 saturated carbocycles. The summed E-state index contributed by atoms with van der Waals surface area (Å²) in [7, 11) is 1.73.